The minimum Gasteiger partial charge on any atom is -0.492 e. The summed E-state index contributed by atoms with van der Waals surface area (Å²) in [7, 11) is 0. The van der Waals surface area contributed by atoms with Crippen molar-refractivity contribution >= 4 is 11.6 Å². The monoisotopic (exact) mass is 285 g/mol. The number of ether oxygens (including phenoxy) is 1. The van der Waals surface area contributed by atoms with Crippen molar-refractivity contribution in [2.45, 2.75) is 39.2 Å². The van der Waals surface area contributed by atoms with E-state index in [1.807, 2.05) is 18.2 Å². The molecule has 19 heavy (non-hydrogen) atoms. The SMILES string of the molecule is CCCNCc1ccc(OCCCCCO)c(Cl)c1. The van der Waals surface area contributed by atoms with E-state index in [4.69, 9.17) is 21.4 Å². The molecule has 108 valence electrons. The molecular formula is C15H24ClNO2. The van der Waals surface area contributed by atoms with Gasteiger partial charge >= 0.3 is 0 Å². The van der Waals surface area contributed by atoms with Crippen LogP contribution < -0.4 is 10.1 Å². The van der Waals surface area contributed by atoms with Crippen molar-refractivity contribution in [2.75, 3.05) is 19.8 Å². The Bertz CT molecular complexity index is 358. The minimum atomic E-state index is 0.250. The maximum Gasteiger partial charge on any atom is 0.137 e. The van der Waals surface area contributed by atoms with Crippen LogP contribution in [0.1, 0.15) is 38.2 Å². The second-order valence-electron chi connectivity index (χ2n) is 4.57. The summed E-state index contributed by atoms with van der Waals surface area (Å²) in [6.45, 7) is 4.89. The molecule has 0 saturated heterocycles. The third-order valence-corrected chi connectivity index (χ3v) is 3.11. The lowest BCUT2D eigenvalue weighted by Crippen LogP contribution is -2.13. The molecule has 0 unspecified atom stereocenters. The zero-order valence-corrected chi connectivity index (χ0v) is 12.4. The van der Waals surface area contributed by atoms with Gasteiger partial charge in [-0.25, -0.2) is 0 Å². The fourth-order valence-electron chi connectivity index (χ4n) is 1.75. The molecule has 2 N–H and O–H groups in total. The summed E-state index contributed by atoms with van der Waals surface area (Å²) in [5.41, 5.74) is 1.17. The molecule has 1 rings (SSSR count). The van der Waals surface area contributed by atoms with Gasteiger partial charge in [0.2, 0.25) is 0 Å². The molecule has 0 radical (unpaired) electrons. The molecule has 0 amide bonds. The second-order valence-corrected chi connectivity index (χ2v) is 4.98. The topological polar surface area (TPSA) is 41.5 Å². The van der Waals surface area contributed by atoms with E-state index in [0.717, 1.165) is 44.5 Å². The van der Waals surface area contributed by atoms with Crippen molar-refractivity contribution < 1.29 is 9.84 Å². The van der Waals surface area contributed by atoms with Crippen molar-refractivity contribution in [3.05, 3.63) is 28.8 Å². The fourth-order valence-corrected chi connectivity index (χ4v) is 2.01. The highest BCUT2D eigenvalue weighted by atomic mass is 35.5. The summed E-state index contributed by atoms with van der Waals surface area (Å²) in [6, 6.07) is 5.92. The molecule has 4 heteroatoms. The zero-order chi connectivity index (χ0) is 13.9. The van der Waals surface area contributed by atoms with Crippen molar-refractivity contribution in [2.24, 2.45) is 0 Å². The first-order chi connectivity index (χ1) is 9.27. The molecule has 0 bridgehead atoms. The number of hydrogen-bond acceptors (Lipinski definition) is 3. The predicted molar refractivity (Wildman–Crippen MR) is 79.9 cm³/mol. The molecule has 0 spiro atoms. The summed E-state index contributed by atoms with van der Waals surface area (Å²) in [6.07, 6.45) is 3.88. The Labute approximate surface area is 120 Å². The summed E-state index contributed by atoms with van der Waals surface area (Å²) < 4.78 is 5.63. The number of aliphatic hydroxyl groups excluding tert-OH is 1. The average molecular weight is 286 g/mol. The first kappa shape index (κ1) is 16.3. The lowest BCUT2D eigenvalue weighted by Gasteiger charge is -2.10. The van der Waals surface area contributed by atoms with E-state index in [-0.39, 0.29) is 6.61 Å². The van der Waals surface area contributed by atoms with E-state index in [1.165, 1.54) is 5.56 Å². The fraction of sp³-hybridized carbons (Fsp3) is 0.600. The van der Waals surface area contributed by atoms with Gasteiger partial charge in [0.05, 0.1) is 11.6 Å². The Morgan fingerprint density at radius 2 is 2.11 bits per heavy atom. The average Bonchev–Trinajstić information content (AvgIpc) is 2.41. The van der Waals surface area contributed by atoms with Gasteiger partial charge in [-0.2, -0.15) is 0 Å². The van der Waals surface area contributed by atoms with Gasteiger partial charge in [0.15, 0.2) is 0 Å². The quantitative estimate of drug-likeness (QED) is 0.648. The van der Waals surface area contributed by atoms with Crippen LogP contribution in [0.15, 0.2) is 18.2 Å². The normalized spacial score (nSPS) is 10.7. The Kier molecular flexibility index (Phi) is 8.63. The summed E-state index contributed by atoms with van der Waals surface area (Å²) >= 11 is 6.19. The van der Waals surface area contributed by atoms with Crippen LogP contribution in [-0.2, 0) is 6.54 Å². The molecule has 0 atom stereocenters. The Balaban J connectivity index is 2.34. The van der Waals surface area contributed by atoms with Crippen LogP contribution in [0.25, 0.3) is 0 Å². The largest absolute Gasteiger partial charge is 0.492 e. The Hall–Kier alpha value is -0.770. The lowest BCUT2D eigenvalue weighted by atomic mass is 10.2. The molecular weight excluding hydrogens is 262 g/mol. The van der Waals surface area contributed by atoms with Crippen LogP contribution in [0.2, 0.25) is 5.02 Å². The molecule has 3 nitrogen and oxygen atoms in total. The summed E-state index contributed by atoms with van der Waals surface area (Å²) in [5, 5.41) is 12.7. The summed E-state index contributed by atoms with van der Waals surface area (Å²) in [5.74, 6) is 0.741. The number of unbranched alkanes of at least 4 members (excludes halogenated alkanes) is 2. The molecule has 0 aliphatic carbocycles. The molecule has 0 aliphatic rings. The lowest BCUT2D eigenvalue weighted by molar-refractivity contribution is 0.266. The number of halogens is 1. The predicted octanol–water partition coefficient (Wildman–Crippen LogP) is 3.38. The van der Waals surface area contributed by atoms with Crippen LogP contribution in [-0.4, -0.2) is 24.9 Å². The minimum absolute atomic E-state index is 0.250. The molecule has 0 aliphatic heterocycles. The first-order valence-corrected chi connectivity index (χ1v) is 7.38. The first-order valence-electron chi connectivity index (χ1n) is 7.00. The van der Waals surface area contributed by atoms with Gasteiger partial charge in [-0.1, -0.05) is 24.6 Å². The highest BCUT2D eigenvalue weighted by Crippen LogP contribution is 2.25. The van der Waals surface area contributed by atoms with Gasteiger partial charge in [0.1, 0.15) is 5.75 Å². The van der Waals surface area contributed by atoms with Crippen LogP contribution in [0.5, 0.6) is 5.75 Å². The third kappa shape index (κ3) is 6.81. The number of hydrogen-bond donors (Lipinski definition) is 2. The second kappa shape index (κ2) is 10.1. The highest BCUT2D eigenvalue weighted by molar-refractivity contribution is 6.32. The van der Waals surface area contributed by atoms with E-state index >= 15 is 0 Å². The molecule has 0 saturated carbocycles. The van der Waals surface area contributed by atoms with Crippen molar-refractivity contribution in [3.8, 4) is 5.75 Å². The number of benzene rings is 1. The van der Waals surface area contributed by atoms with Crippen LogP contribution in [0.3, 0.4) is 0 Å². The van der Waals surface area contributed by atoms with E-state index in [2.05, 4.69) is 12.2 Å². The zero-order valence-electron chi connectivity index (χ0n) is 11.6. The smallest absolute Gasteiger partial charge is 0.137 e. The van der Waals surface area contributed by atoms with Gasteiger partial charge < -0.3 is 15.2 Å². The van der Waals surface area contributed by atoms with Crippen molar-refractivity contribution in [3.63, 3.8) is 0 Å². The summed E-state index contributed by atoms with van der Waals surface area (Å²) in [4.78, 5) is 0. The standard InChI is InChI=1S/C15H24ClNO2/c1-2-8-17-12-13-6-7-15(14(16)11-13)19-10-5-3-4-9-18/h6-7,11,17-18H,2-5,8-10,12H2,1H3. The molecule has 1 aromatic carbocycles. The van der Waals surface area contributed by atoms with Gasteiger partial charge in [-0.3, -0.25) is 0 Å². The number of nitrogens with one attached hydrogen (secondary N) is 1. The van der Waals surface area contributed by atoms with Gasteiger partial charge in [-0.15, -0.1) is 0 Å². The van der Waals surface area contributed by atoms with E-state index in [0.29, 0.717) is 11.6 Å². The Morgan fingerprint density at radius 3 is 2.79 bits per heavy atom. The molecule has 0 fully saturated rings. The van der Waals surface area contributed by atoms with Crippen LogP contribution >= 0.6 is 11.6 Å². The van der Waals surface area contributed by atoms with Crippen LogP contribution in [0, 0.1) is 0 Å². The maximum atomic E-state index is 8.68. The third-order valence-electron chi connectivity index (χ3n) is 2.81. The van der Waals surface area contributed by atoms with Gasteiger partial charge in [0.25, 0.3) is 0 Å². The Morgan fingerprint density at radius 1 is 1.26 bits per heavy atom. The number of aliphatic hydroxyl groups is 1. The molecule has 0 heterocycles. The molecule has 1 aromatic rings. The van der Waals surface area contributed by atoms with Crippen LogP contribution in [0.4, 0.5) is 0 Å². The van der Waals surface area contributed by atoms with E-state index in [1.54, 1.807) is 0 Å². The van der Waals surface area contributed by atoms with E-state index in [9.17, 15) is 0 Å². The number of rotatable bonds is 10. The van der Waals surface area contributed by atoms with Gasteiger partial charge in [0, 0.05) is 13.2 Å². The highest BCUT2D eigenvalue weighted by Gasteiger charge is 2.03. The maximum absolute atomic E-state index is 8.68. The van der Waals surface area contributed by atoms with Crippen molar-refractivity contribution in [1.29, 1.82) is 0 Å². The molecule has 0 aromatic heterocycles. The van der Waals surface area contributed by atoms with Gasteiger partial charge in [-0.05, 0) is 49.9 Å². The van der Waals surface area contributed by atoms with E-state index < -0.39 is 0 Å². The van der Waals surface area contributed by atoms with Crippen molar-refractivity contribution in [1.82, 2.24) is 5.32 Å².